The van der Waals surface area contributed by atoms with Crippen LogP contribution in [-0.2, 0) is 6.42 Å². The first-order valence-electron chi connectivity index (χ1n) is 12.1. The van der Waals surface area contributed by atoms with E-state index in [1.165, 1.54) is 28.1 Å². The molecule has 0 bridgehead atoms. The Hall–Kier alpha value is -3.99. The molecule has 0 spiro atoms. The van der Waals surface area contributed by atoms with Gasteiger partial charge in [0.2, 0.25) is 0 Å². The lowest BCUT2D eigenvalue weighted by Crippen LogP contribution is -2.01. The molecule has 0 fully saturated rings. The second kappa shape index (κ2) is 11.9. The molecule has 0 radical (unpaired) electrons. The molecule has 0 saturated heterocycles. The third-order valence-corrected chi connectivity index (χ3v) is 5.52. The number of para-hydroxylation sites is 1. The summed E-state index contributed by atoms with van der Waals surface area (Å²) in [6.07, 6.45) is 4.93. The second-order valence-electron chi connectivity index (χ2n) is 8.31. The van der Waals surface area contributed by atoms with Gasteiger partial charge in [-0.05, 0) is 42.5 Å². The number of hydrogen-bond donors (Lipinski definition) is 1. The van der Waals surface area contributed by atoms with E-state index in [2.05, 4.69) is 65.8 Å². The minimum absolute atomic E-state index is 0.374. The van der Waals surface area contributed by atoms with Crippen LogP contribution in [0.5, 0.6) is 11.5 Å². The van der Waals surface area contributed by atoms with Crippen LogP contribution in [-0.4, -0.2) is 18.2 Å². The van der Waals surface area contributed by atoms with E-state index >= 15 is 0 Å². The van der Waals surface area contributed by atoms with Crippen LogP contribution in [0.3, 0.4) is 0 Å². The number of ether oxygens (including phenoxy) is 2. The Bertz CT molecular complexity index is 1420. The molecular weight excluding hydrogens is 438 g/mol. The first-order valence-corrected chi connectivity index (χ1v) is 12.1. The van der Waals surface area contributed by atoms with Crippen LogP contribution in [0, 0.1) is 0 Å². The molecule has 180 valence electrons. The van der Waals surface area contributed by atoms with E-state index in [4.69, 9.17) is 13.9 Å². The maximum absolute atomic E-state index is 11.3. The van der Waals surface area contributed by atoms with Crippen molar-refractivity contribution < 1.29 is 13.9 Å². The van der Waals surface area contributed by atoms with Gasteiger partial charge in [-0.15, -0.1) is 0 Å². The molecule has 5 heteroatoms. The molecular formula is C30H31NO4. The minimum Gasteiger partial charge on any atom is -0.493 e. The molecule has 0 atom stereocenters. The maximum atomic E-state index is 11.3. The lowest BCUT2D eigenvalue weighted by molar-refractivity contribution is 0.303. The van der Waals surface area contributed by atoms with Crippen LogP contribution >= 0.6 is 0 Å². The number of aromatic amines is 1. The van der Waals surface area contributed by atoms with Crippen LogP contribution in [0.1, 0.15) is 37.8 Å². The molecule has 0 aliphatic rings. The van der Waals surface area contributed by atoms with Gasteiger partial charge in [0.05, 0.1) is 18.6 Å². The summed E-state index contributed by atoms with van der Waals surface area (Å²) in [5, 5.41) is 2.11. The normalized spacial score (nSPS) is 10.7. The SMILES string of the molecule is CCCOc1cc(OCCC)c2ccc(=O)oc2c1.c1ccc(Cc2c[nH]c3ccccc23)cc1. The molecule has 5 nitrogen and oxygen atoms in total. The third kappa shape index (κ3) is 6.33. The van der Waals surface area contributed by atoms with Gasteiger partial charge >= 0.3 is 5.63 Å². The Morgan fingerprint density at radius 2 is 1.54 bits per heavy atom. The first kappa shape index (κ1) is 24.1. The fraction of sp³-hybridized carbons (Fsp3) is 0.233. The fourth-order valence-corrected chi connectivity index (χ4v) is 3.85. The molecule has 2 heterocycles. The average Bonchev–Trinajstić information content (AvgIpc) is 3.29. The Balaban J connectivity index is 0.000000167. The summed E-state index contributed by atoms with van der Waals surface area (Å²) >= 11 is 0. The number of H-pyrrole nitrogens is 1. The first-order chi connectivity index (χ1) is 17.2. The zero-order valence-corrected chi connectivity index (χ0v) is 20.3. The van der Waals surface area contributed by atoms with Gasteiger partial charge in [0.25, 0.3) is 0 Å². The van der Waals surface area contributed by atoms with E-state index in [1.54, 1.807) is 12.1 Å². The molecule has 5 rings (SSSR count). The van der Waals surface area contributed by atoms with Gasteiger partial charge < -0.3 is 18.9 Å². The van der Waals surface area contributed by atoms with Crippen molar-refractivity contribution in [3.05, 3.63) is 107 Å². The van der Waals surface area contributed by atoms with Gasteiger partial charge in [0, 0.05) is 35.3 Å². The monoisotopic (exact) mass is 469 g/mol. The maximum Gasteiger partial charge on any atom is 0.336 e. The zero-order valence-electron chi connectivity index (χ0n) is 20.3. The largest absolute Gasteiger partial charge is 0.493 e. The Morgan fingerprint density at radius 3 is 2.34 bits per heavy atom. The van der Waals surface area contributed by atoms with E-state index in [0.717, 1.165) is 24.6 Å². The Labute approximate surface area is 205 Å². The van der Waals surface area contributed by atoms with Crippen molar-refractivity contribution in [3.8, 4) is 11.5 Å². The van der Waals surface area contributed by atoms with E-state index in [9.17, 15) is 4.79 Å². The molecule has 0 unspecified atom stereocenters. The molecule has 0 amide bonds. The van der Waals surface area contributed by atoms with Crippen molar-refractivity contribution in [2.75, 3.05) is 13.2 Å². The van der Waals surface area contributed by atoms with Gasteiger partial charge in [-0.1, -0.05) is 62.4 Å². The highest BCUT2D eigenvalue weighted by molar-refractivity contribution is 5.85. The lowest BCUT2D eigenvalue weighted by atomic mass is 10.0. The fourth-order valence-electron chi connectivity index (χ4n) is 3.85. The van der Waals surface area contributed by atoms with Crippen LogP contribution < -0.4 is 15.1 Å². The quantitative estimate of drug-likeness (QED) is 0.246. The Morgan fingerprint density at radius 1 is 0.800 bits per heavy atom. The standard InChI is InChI=1S/C15H13N.C15H18O4/c1-2-6-12(7-3-1)10-13-11-16-15-9-5-4-8-14(13)15;1-3-7-17-11-9-13(18-8-4-2)12-5-6-15(16)19-14(12)10-11/h1-9,11,16H,10H2;5-6,9-10H,3-4,7-8H2,1-2H3. The number of nitrogens with one attached hydrogen (secondary N) is 1. The van der Waals surface area contributed by atoms with Crippen molar-refractivity contribution in [3.63, 3.8) is 0 Å². The van der Waals surface area contributed by atoms with Gasteiger partial charge in [-0.3, -0.25) is 0 Å². The van der Waals surface area contributed by atoms with Crippen LogP contribution in [0.4, 0.5) is 0 Å². The summed E-state index contributed by atoms with van der Waals surface area (Å²) in [6.45, 7) is 5.32. The highest BCUT2D eigenvalue weighted by atomic mass is 16.5. The van der Waals surface area contributed by atoms with Crippen LogP contribution in [0.15, 0.2) is 94.3 Å². The predicted octanol–water partition coefficient (Wildman–Crippen LogP) is 7.13. The minimum atomic E-state index is -0.374. The molecule has 5 aromatic rings. The summed E-state index contributed by atoms with van der Waals surface area (Å²) < 4.78 is 16.5. The van der Waals surface area contributed by atoms with Gasteiger partial charge in [0.15, 0.2) is 0 Å². The number of rotatable bonds is 8. The summed E-state index contributed by atoms with van der Waals surface area (Å²) in [5.74, 6) is 1.35. The molecule has 0 aliphatic heterocycles. The van der Waals surface area contributed by atoms with Crippen LogP contribution in [0.25, 0.3) is 21.9 Å². The third-order valence-electron chi connectivity index (χ3n) is 5.52. The smallest absolute Gasteiger partial charge is 0.336 e. The topological polar surface area (TPSA) is 64.5 Å². The molecule has 1 N–H and O–H groups in total. The second-order valence-corrected chi connectivity index (χ2v) is 8.31. The summed E-state index contributed by atoms with van der Waals surface area (Å²) in [7, 11) is 0. The van der Waals surface area contributed by atoms with E-state index < -0.39 is 0 Å². The average molecular weight is 470 g/mol. The van der Waals surface area contributed by atoms with Gasteiger partial charge in [-0.25, -0.2) is 4.79 Å². The molecule has 0 saturated carbocycles. The molecule has 0 aliphatic carbocycles. The summed E-state index contributed by atoms with van der Waals surface area (Å²) in [6, 6.07) is 25.7. The number of fused-ring (bicyclic) bond motifs is 2. The van der Waals surface area contributed by atoms with Crippen molar-refractivity contribution in [2.45, 2.75) is 33.1 Å². The zero-order chi connectivity index (χ0) is 24.5. The predicted molar refractivity (Wildman–Crippen MR) is 142 cm³/mol. The van der Waals surface area contributed by atoms with Crippen molar-refractivity contribution in [1.29, 1.82) is 0 Å². The highest BCUT2D eigenvalue weighted by Gasteiger charge is 2.09. The summed E-state index contributed by atoms with van der Waals surface area (Å²) in [5.41, 5.74) is 4.05. The van der Waals surface area contributed by atoms with Crippen LogP contribution in [0.2, 0.25) is 0 Å². The van der Waals surface area contributed by atoms with Gasteiger partial charge in [0.1, 0.15) is 17.1 Å². The van der Waals surface area contributed by atoms with Crippen molar-refractivity contribution in [2.24, 2.45) is 0 Å². The summed E-state index contributed by atoms with van der Waals surface area (Å²) in [4.78, 5) is 14.6. The number of hydrogen-bond acceptors (Lipinski definition) is 4. The van der Waals surface area contributed by atoms with Crippen molar-refractivity contribution >= 4 is 21.9 Å². The molecule has 2 aromatic heterocycles. The van der Waals surface area contributed by atoms with E-state index in [1.807, 2.05) is 19.9 Å². The van der Waals surface area contributed by atoms with E-state index in [0.29, 0.717) is 30.3 Å². The lowest BCUT2D eigenvalue weighted by Gasteiger charge is -2.11. The molecule has 3 aromatic carbocycles. The molecule has 35 heavy (non-hydrogen) atoms. The van der Waals surface area contributed by atoms with Crippen molar-refractivity contribution in [1.82, 2.24) is 4.98 Å². The highest BCUT2D eigenvalue weighted by Crippen LogP contribution is 2.30. The Kier molecular flexibility index (Phi) is 8.23. The van der Waals surface area contributed by atoms with Gasteiger partial charge in [-0.2, -0.15) is 0 Å². The van der Waals surface area contributed by atoms with E-state index in [-0.39, 0.29) is 5.63 Å². The number of benzene rings is 3. The number of aromatic nitrogens is 1.